The maximum atomic E-state index is 13.1. The molecule has 4 rings (SSSR count). The molecule has 0 aromatic heterocycles. The maximum absolute atomic E-state index is 13.1. The van der Waals surface area contributed by atoms with Crippen molar-refractivity contribution in [3.8, 4) is 28.7 Å². The number of phenolic OH excluding ortho intramolecular Hbond substituents is 2. The second-order valence-electron chi connectivity index (χ2n) is 7.28. The predicted octanol–water partition coefficient (Wildman–Crippen LogP) is 1.73. The number of hydrogen-bond acceptors (Lipinski definition) is 8. The molecule has 0 saturated carbocycles. The Balaban J connectivity index is 1.84. The highest BCUT2D eigenvalue weighted by atomic mass is 16.5. The van der Waals surface area contributed by atoms with Crippen molar-refractivity contribution in [2.45, 2.75) is 18.1 Å². The van der Waals surface area contributed by atoms with Crippen molar-refractivity contribution in [1.82, 2.24) is 0 Å². The number of hydrogen-bond donors (Lipinski definition) is 4. The summed E-state index contributed by atoms with van der Waals surface area (Å²) in [5.41, 5.74) is -2.61. The molecule has 2 aliphatic rings. The van der Waals surface area contributed by atoms with Gasteiger partial charge in [-0.1, -0.05) is 0 Å². The topological polar surface area (TPSA) is 126 Å². The van der Waals surface area contributed by atoms with Crippen LogP contribution < -0.4 is 14.2 Å². The SMILES string of the molecule is COc1c([C@]2(O)COc3cc(O)cc(O)c3C2=O)ccc2c1C=CC(C)(CO)O2. The fourth-order valence-electron chi connectivity index (χ4n) is 3.59. The first-order chi connectivity index (χ1) is 13.7. The standard InChI is InChI=1S/C21H20O8/c1-20(9-22)6-5-12-15(29-20)4-3-13(18(12)27-2)21(26)10-28-16-8-11(23)7-14(24)17(16)19(21)25/h3-8,22-24,26H,9-10H2,1-2H3/t20?,21-/m1/s1. The van der Waals surface area contributed by atoms with Gasteiger partial charge in [0.15, 0.2) is 5.60 Å². The van der Waals surface area contributed by atoms with Crippen molar-refractivity contribution >= 4 is 11.9 Å². The third-order valence-electron chi connectivity index (χ3n) is 5.17. The normalized spacial score (nSPS) is 24.9. The number of carbonyl (C=O) groups is 1. The van der Waals surface area contributed by atoms with Gasteiger partial charge in [0.1, 0.15) is 46.5 Å². The minimum atomic E-state index is -2.13. The van der Waals surface area contributed by atoms with Crippen molar-refractivity contribution < 1.29 is 39.4 Å². The molecule has 2 atom stereocenters. The number of ketones is 1. The molecule has 152 valence electrons. The first kappa shape index (κ1) is 19.1. The van der Waals surface area contributed by atoms with E-state index in [4.69, 9.17) is 14.2 Å². The van der Waals surface area contributed by atoms with E-state index in [-0.39, 0.29) is 35.0 Å². The van der Waals surface area contributed by atoms with Gasteiger partial charge in [-0.3, -0.25) is 4.79 Å². The number of ether oxygens (including phenoxy) is 3. The van der Waals surface area contributed by atoms with Crippen LogP contribution in [0.4, 0.5) is 0 Å². The van der Waals surface area contributed by atoms with Crippen LogP contribution in [0.5, 0.6) is 28.7 Å². The number of carbonyl (C=O) groups excluding carboxylic acids is 1. The summed E-state index contributed by atoms with van der Waals surface area (Å²) < 4.78 is 16.8. The molecule has 4 N–H and O–H groups in total. The van der Waals surface area contributed by atoms with Crippen molar-refractivity contribution in [3.63, 3.8) is 0 Å². The second-order valence-corrected chi connectivity index (χ2v) is 7.28. The summed E-state index contributed by atoms with van der Waals surface area (Å²) in [7, 11) is 1.40. The molecule has 0 amide bonds. The lowest BCUT2D eigenvalue weighted by molar-refractivity contribution is -0.00687. The highest BCUT2D eigenvalue weighted by molar-refractivity contribution is 6.08. The molecule has 29 heavy (non-hydrogen) atoms. The first-order valence-corrected chi connectivity index (χ1v) is 8.89. The van der Waals surface area contributed by atoms with Gasteiger partial charge in [0.05, 0.1) is 19.3 Å². The molecule has 0 radical (unpaired) electrons. The Kier molecular flexibility index (Phi) is 4.21. The molecule has 2 aromatic rings. The van der Waals surface area contributed by atoms with Crippen LogP contribution in [-0.2, 0) is 5.60 Å². The highest BCUT2D eigenvalue weighted by Gasteiger charge is 2.48. The van der Waals surface area contributed by atoms with E-state index >= 15 is 0 Å². The van der Waals surface area contributed by atoms with Gasteiger partial charge in [-0.2, -0.15) is 0 Å². The lowest BCUT2D eigenvalue weighted by Gasteiger charge is -2.35. The second kappa shape index (κ2) is 6.40. The molecule has 8 heteroatoms. The molecule has 0 saturated heterocycles. The highest BCUT2D eigenvalue weighted by Crippen LogP contribution is 2.47. The zero-order valence-electron chi connectivity index (χ0n) is 15.8. The quantitative estimate of drug-likeness (QED) is 0.614. The first-order valence-electron chi connectivity index (χ1n) is 8.89. The third-order valence-corrected chi connectivity index (χ3v) is 5.17. The largest absolute Gasteiger partial charge is 0.508 e. The van der Waals surface area contributed by atoms with E-state index in [2.05, 4.69) is 0 Å². The zero-order valence-corrected chi connectivity index (χ0v) is 15.8. The van der Waals surface area contributed by atoms with E-state index in [9.17, 15) is 25.2 Å². The molecular weight excluding hydrogens is 380 g/mol. The van der Waals surface area contributed by atoms with E-state index in [0.717, 1.165) is 6.07 Å². The van der Waals surface area contributed by atoms with Gasteiger partial charge in [0.25, 0.3) is 0 Å². The van der Waals surface area contributed by atoms with E-state index in [0.29, 0.717) is 11.3 Å². The van der Waals surface area contributed by atoms with Crippen LogP contribution in [0.15, 0.2) is 30.3 Å². The Morgan fingerprint density at radius 2 is 1.97 bits per heavy atom. The number of aliphatic hydroxyl groups is 2. The van der Waals surface area contributed by atoms with Crippen LogP contribution in [0.2, 0.25) is 0 Å². The lowest BCUT2D eigenvalue weighted by Crippen LogP contribution is -2.45. The molecule has 8 nitrogen and oxygen atoms in total. The molecule has 2 aromatic carbocycles. The molecule has 0 aliphatic carbocycles. The summed E-state index contributed by atoms with van der Waals surface area (Å²) in [5.74, 6) is -0.931. The maximum Gasteiger partial charge on any atom is 0.210 e. The predicted molar refractivity (Wildman–Crippen MR) is 102 cm³/mol. The Morgan fingerprint density at radius 3 is 2.66 bits per heavy atom. The minimum Gasteiger partial charge on any atom is -0.508 e. The van der Waals surface area contributed by atoms with Gasteiger partial charge in [-0.05, 0) is 31.2 Å². The molecule has 2 aliphatic heterocycles. The Labute approximate surface area is 166 Å². The van der Waals surface area contributed by atoms with E-state index in [1.807, 2.05) is 0 Å². The van der Waals surface area contributed by atoms with Gasteiger partial charge in [-0.25, -0.2) is 0 Å². The summed E-state index contributed by atoms with van der Waals surface area (Å²) in [6.07, 6.45) is 3.35. The van der Waals surface area contributed by atoms with Crippen LogP contribution >= 0.6 is 0 Å². The van der Waals surface area contributed by atoms with Crippen LogP contribution in [-0.4, -0.2) is 52.1 Å². The van der Waals surface area contributed by atoms with Crippen molar-refractivity contribution in [2.24, 2.45) is 0 Å². The summed E-state index contributed by atoms with van der Waals surface area (Å²) >= 11 is 0. The number of phenols is 2. The average Bonchev–Trinajstić information content (AvgIpc) is 2.69. The average molecular weight is 400 g/mol. The number of fused-ring (bicyclic) bond motifs is 2. The molecular formula is C21H20O8. The monoisotopic (exact) mass is 400 g/mol. The number of benzene rings is 2. The fourth-order valence-corrected chi connectivity index (χ4v) is 3.59. The van der Waals surface area contributed by atoms with E-state index in [1.54, 1.807) is 25.1 Å². The van der Waals surface area contributed by atoms with Crippen LogP contribution in [0.25, 0.3) is 6.08 Å². The zero-order chi connectivity index (χ0) is 21.0. The van der Waals surface area contributed by atoms with E-state index in [1.165, 1.54) is 19.2 Å². The summed E-state index contributed by atoms with van der Waals surface area (Å²) in [6, 6.07) is 5.26. The lowest BCUT2D eigenvalue weighted by atomic mass is 9.82. The van der Waals surface area contributed by atoms with Crippen LogP contribution in [0, 0.1) is 0 Å². The Bertz CT molecular complexity index is 1040. The van der Waals surface area contributed by atoms with Gasteiger partial charge < -0.3 is 34.6 Å². The number of Topliss-reactive ketones (excluding diaryl/α,β-unsaturated/α-hetero) is 1. The van der Waals surface area contributed by atoms with Crippen molar-refractivity contribution in [2.75, 3.05) is 20.3 Å². The molecule has 2 heterocycles. The Morgan fingerprint density at radius 1 is 1.21 bits per heavy atom. The van der Waals surface area contributed by atoms with Gasteiger partial charge in [0.2, 0.25) is 5.78 Å². The van der Waals surface area contributed by atoms with Gasteiger partial charge in [0, 0.05) is 17.7 Å². The van der Waals surface area contributed by atoms with Crippen LogP contribution in [0.1, 0.15) is 28.4 Å². The molecule has 0 bridgehead atoms. The van der Waals surface area contributed by atoms with Gasteiger partial charge >= 0.3 is 0 Å². The summed E-state index contributed by atoms with van der Waals surface area (Å²) in [4.78, 5) is 13.1. The van der Waals surface area contributed by atoms with Crippen LogP contribution in [0.3, 0.4) is 0 Å². The fraction of sp³-hybridized carbons (Fsp3) is 0.286. The minimum absolute atomic E-state index is 0.0176. The Hall–Kier alpha value is -3.23. The third kappa shape index (κ3) is 2.80. The summed E-state index contributed by atoms with van der Waals surface area (Å²) in [6.45, 7) is 1.05. The number of aliphatic hydroxyl groups excluding tert-OH is 1. The van der Waals surface area contributed by atoms with E-state index < -0.39 is 29.3 Å². The molecule has 0 fully saturated rings. The van der Waals surface area contributed by atoms with Crippen molar-refractivity contribution in [1.29, 1.82) is 0 Å². The number of rotatable bonds is 3. The number of methoxy groups -OCH3 is 1. The smallest absolute Gasteiger partial charge is 0.210 e. The number of aromatic hydroxyl groups is 2. The van der Waals surface area contributed by atoms with Gasteiger partial charge in [-0.15, -0.1) is 0 Å². The molecule has 1 unspecified atom stereocenters. The molecule has 0 spiro atoms. The van der Waals surface area contributed by atoms with Crippen molar-refractivity contribution in [3.05, 3.63) is 47.0 Å². The summed E-state index contributed by atoms with van der Waals surface area (Å²) in [5, 5.41) is 40.5.